The van der Waals surface area contributed by atoms with Crippen LogP contribution in [0.1, 0.15) is 75.8 Å². The largest absolute Gasteiger partial charge is 0.444 e. The van der Waals surface area contributed by atoms with Crippen LogP contribution < -0.4 is 16.4 Å². The van der Waals surface area contributed by atoms with E-state index in [1.54, 1.807) is 20.8 Å². The van der Waals surface area contributed by atoms with Gasteiger partial charge in [0.1, 0.15) is 17.7 Å². The average Bonchev–Trinajstić information content (AvgIpc) is 3.58. The van der Waals surface area contributed by atoms with E-state index in [-0.39, 0.29) is 17.9 Å². The molecule has 3 rings (SSSR count). The highest BCUT2D eigenvalue weighted by Gasteiger charge is 2.48. The molecule has 4 N–H and O–H groups in total. The van der Waals surface area contributed by atoms with Crippen LogP contribution in [0.3, 0.4) is 0 Å². The lowest BCUT2D eigenvalue weighted by Crippen LogP contribution is -2.54. The van der Waals surface area contributed by atoms with Gasteiger partial charge in [-0.3, -0.25) is 14.4 Å². The standard InChI is InChI=1S/C31H42N4O5/c1-8-21-12-14-22(15-13-21)27(28(37)34-26-18(2)10-9-11-19(26)3)35(24-16-20(24)4)29(38)23(17-25(32)36)33-30(39)40-31(5,6)7/h9-15,20,23-24,27H,8,16-17H2,1-7H3,(H2,32,36)(H,33,39)(H,34,37). The predicted octanol–water partition coefficient (Wildman–Crippen LogP) is 4.55. The summed E-state index contributed by atoms with van der Waals surface area (Å²) < 4.78 is 5.35. The zero-order valence-electron chi connectivity index (χ0n) is 24.5. The third-order valence-corrected chi connectivity index (χ3v) is 7.03. The summed E-state index contributed by atoms with van der Waals surface area (Å²) in [5, 5.41) is 5.58. The molecular formula is C31H42N4O5. The molecular weight excluding hydrogens is 508 g/mol. The second kappa shape index (κ2) is 12.5. The second-order valence-electron chi connectivity index (χ2n) is 11.6. The predicted molar refractivity (Wildman–Crippen MR) is 154 cm³/mol. The first-order valence-corrected chi connectivity index (χ1v) is 13.8. The lowest BCUT2D eigenvalue weighted by molar-refractivity contribution is -0.142. The number of nitrogens with one attached hydrogen (secondary N) is 2. The van der Waals surface area contributed by atoms with E-state index >= 15 is 0 Å². The number of nitrogens with two attached hydrogens (primary N) is 1. The SMILES string of the molecule is CCc1ccc(C(C(=O)Nc2c(C)cccc2C)N(C(=O)C(CC(N)=O)NC(=O)OC(C)(C)C)C2CC2C)cc1. The van der Waals surface area contributed by atoms with Crippen LogP contribution in [-0.2, 0) is 25.5 Å². The first-order chi connectivity index (χ1) is 18.7. The number of benzene rings is 2. The van der Waals surface area contributed by atoms with Gasteiger partial charge in [-0.2, -0.15) is 0 Å². The molecule has 40 heavy (non-hydrogen) atoms. The van der Waals surface area contributed by atoms with E-state index in [1.165, 1.54) is 4.90 Å². The van der Waals surface area contributed by atoms with E-state index in [1.807, 2.05) is 70.2 Å². The van der Waals surface area contributed by atoms with Crippen LogP contribution in [-0.4, -0.2) is 46.4 Å². The Kier molecular flexibility index (Phi) is 9.60. The highest BCUT2D eigenvalue weighted by Crippen LogP contribution is 2.41. The number of nitrogens with zero attached hydrogens (tertiary/aromatic N) is 1. The number of hydrogen-bond donors (Lipinski definition) is 3. The van der Waals surface area contributed by atoms with Crippen LogP contribution in [0.15, 0.2) is 42.5 Å². The van der Waals surface area contributed by atoms with E-state index in [9.17, 15) is 19.2 Å². The molecule has 1 aliphatic rings. The number of carbonyl (C=O) groups excluding carboxylic acids is 4. The van der Waals surface area contributed by atoms with Crippen molar-refractivity contribution in [1.29, 1.82) is 0 Å². The molecule has 1 aliphatic carbocycles. The van der Waals surface area contributed by atoms with Gasteiger partial charge in [-0.15, -0.1) is 0 Å². The summed E-state index contributed by atoms with van der Waals surface area (Å²) >= 11 is 0. The Hall–Kier alpha value is -3.88. The van der Waals surface area contributed by atoms with Gasteiger partial charge in [0.15, 0.2) is 0 Å². The summed E-state index contributed by atoms with van der Waals surface area (Å²) in [6, 6.07) is 10.7. The van der Waals surface area contributed by atoms with Crippen LogP contribution in [0.2, 0.25) is 0 Å². The molecule has 0 radical (unpaired) electrons. The molecule has 1 saturated carbocycles. The van der Waals surface area contributed by atoms with Gasteiger partial charge < -0.3 is 26.0 Å². The van der Waals surface area contributed by atoms with Gasteiger partial charge in [0.2, 0.25) is 11.8 Å². The molecule has 2 aromatic carbocycles. The van der Waals surface area contributed by atoms with Crippen LogP contribution in [0, 0.1) is 19.8 Å². The molecule has 0 aromatic heterocycles. The molecule has 4 unspecified atom stereocenters. The molecule has 1 fully saturated rings. The van der Waals surface area contributed by atoms with Crippen LogP contribution in [0.5, 0.6) is 0 Å². The molecule has 4 atom stereocenters. The smallest absolute Gasteiger partial charge is 0.408 e. The summed E-state index contributed by atoms with van der Waals surface area (Å²) in [6.45, 7) is 13.0. The first kappa shape index (κ1) is 30.7. The van der Waals surface area contributed by atoms with Gasteiger partial charge in [-0.25, -0.2) is 4.79 Å². The van der Waals surface area contributed by atoms with Crippen molar-refractivity contribution in [1.82, 2.24) is 10.2 Å². The molecule has 0 spiro atoms. The maximum absolute atomic E-state index is 14.2. The highest BCUT2D eigenvalue weighted by atomic mass is 16.6. The third kappa shape index (κ3) is 7.83. The normalized spacial score (nSPS) is 17.8. The van der Waals surface area contributed by atoms with Gasteiger partial charge in [0.25, 0.3) is 5.91 Å². The number of carbonyl (C=O) groups is 4. The molecule has 0 heterocycles. The van der Waals surface area contributed by atoms with Crippen molar-refractivity contribution in [3.05, 3.63) is 64.7 Å². The number of rotatable bonds is 10. The number of anilines is 1. The summed E-state index contributed by atoms with van der Waals surface area (Å²) in [5.74, 6) is -1.59. The Morgan fingerprint density at radius 3 is 2.10 bits per heavy atom. The average molecular weight is 551 g/mol. The Morgan fingerprint density at radius 2 is 1.62 bits per heavy atom. The maximum atomic E-state index is 14.2. The molecule has 2 aromatic rings. The highest BCUT2D eigenvalue weighted by molar-refractivity contribution is 6.00. The number of primary amides is 1. The van der Waals surface area contributed by atoms with E-state index in [0.29, 0.717) is 17.7 Å². The monoisotopic (exact) mass is 550 g/mol. The van der Waals surface area contributed by atoms with E-state index < -0.39 is 42.0 Å². The fraction of sp³-hybridized carbons (Fsp3) is 0.484. The van der Waals surface area contributed by atoms with Gasteiger partial charge in [0.05, 0.1) is 6.42 Å². The van der Waals surface area contributed by atoms with Gasteiger partial charge in [-0.05, 0) is 75.6 Å². The zero-order valence-corrected chi connectivity index (χ0v) is 24.5. The van der Waals surface area contributed by atoms with Gasteiger partial charge >= 0.3 is 6.09 Å². The van der Waals surface area contributed by atoms with Crippen LogP contribution in [0.4, 0.5) is 10.5 Å². The first-order valence-electron chi connectivity index (χ1n) is 13.8. The van der Waals surface area contributed by atoms with Crippen LogP contribution in [0.25, 0.3) is 0 Å². The number of aryl methyl sites for hydroxylation is 3. The lowest BCUT2D eigenvalue weighted by atomic mass is 9.99. The number of amides is 4. The summed E-state index contributed by atoms with van der Waals surface area (Å²) in [5.41, 5.74) is 8.86. The molecule has 0 aliphatic heterocycles. The van der Waals surface area contributed by atoms with E-state index in [4.69, 9.17) is 10.5 Å². The minimum absolute atomic E-state index is 0.130. The van der Waals surface area contributed by atoms with Crippen molar-refractivity contribution in [3.63, 3.8) is 0 Å². The molecule has 216 valence electrons. The van der Waals surface area contributed by atoms with Crippen molar-refractivity contribution >= 4 is 29.5 Å². The fourth-order valence-corrected chi connectivity index (χ4v) is 4.78. The molecule has 9 heteroatoms. The summed E-state index contributed by atoms with van der Waals surface area (Å²) in [4.78, 5) is 54.5. The lowest BCUT2D eigenvalue weighted by Gasteiger charge is -2.35. The molecule has 0 bridgehead atoms. The number of para-hydroxylation sites is 1. The number of alkyl carbamates (subject to hydrolysis) is 1. The van der Waals surface area contributed by atoms with Crippen molar-refractivity contribution in [2.24, 2.45) is 11.7 Å². The fourth-order valence-electron chi connectivity index (χ4n) is 4.78. The molecule has 4 amide bonds. The minimum Gasteiger partial charge on any atom is -0.444 e. The zero-order chi connectivity index (χ0) is 29.8. The van der Waals surface area contributed by atoms with E-state index in [0.717, 1.165) is 23.1 Å². The Labute approximate surface area is 236 Å². The van der Waals surface area contributed by atoms with Gasteiger partial charge in [0, 0.05) is 11.7 Å². The quantitative estimate of drug-likeness (QED) is 0.399. The third-order valence-electron chi connectivity index (χ3n) is 7.03. The second-order valence-corrected chi connectivity index (χ2v) is 11.6. The Morgan fingerprint density at radius 1 is 1.05 bits per heavy atom. The Balaban J connectivity index is 2.07. The van der Waals surface area contributed by atoms with Gasteiger partial charge in [-0.1, -0.05) is 56.3 Å². The number of ether oxygens (including phenoxy) is 1. The van der Waals surface area contributed by atoms with Crippen molar-refractivity contribution in [2.45, 2.75) is 91.5 Å². The van der Waals surface area contributed by atoms with Crippen molar-refractivity contribution in [2.75, 3.05) is 5.32 Å². The van der Waals surface area contributed by atoms with Crippen LogP contribution >= 0.6 is 0 Å². The number of hydrogen-bond acceptors (Lipinski definition) is 5. The molecule has 9 nitrogen and oxygen atoms in total. The summed E-state index contributed by atoms with van der Waals surface area (Å²) in [7, 11) is 0. The molecule has 0 saturated heterocycles. The maximum Gasteiger partial charge on any atom is 0.408 e. The van der Waals surface area contributed by atoms with Crippen molar-refractivity contribution < 1.29 is 23.9 Å². The van der Waals surface area contributed by atoms with Crippen molar-refractivity contribution in [3.8, 4) is 0 Å². The summed E-state index contributed by atoms with van der Waals surface area (Å²) in [6.07, 6.45) is 0.222. The topological polar surface area (TPSA) is 131 Å². The Bertz CT molecular complexity index is 1230. The van der Waals surface area contributed by atoms with E-state index in [2.05, 4.69) is 10.6 Å². The minimum atomic E-state index is -1.30.